The Bertz CT molecular complexity index is 2060. The van der Waals surface area contributed by atoms with Crippen LogP contribution in [0.3, 0.4) is 0 Å². The molecule has 1 atom stereocenters. The Kier molecular flexibility index (Phi) is 7.67. The molecule has 0 saturated heterocycles. The fourth-order valence-corrected chi connectivity index (χ4v) is 6.00. The van der Waals surface area contributed by atoms with Crippen molar-refractivity contribution in [3.63, 3.8) is 0 Å². The normalized spacial score (nSPS) is 14.7. The van der Waals surface area contributed by atoms with Crippen molar-refractivity contribution in [3.8, 4) is 11.3 Å². The molecule has 2 aromatic heterocycles. The molecular weight excluding hydrogens is 588 g/mol. The van der Waals surface area contributed by atoms with Crippen LogP contribution in [0.15, 0.2) is 111 Å². The lowest BCUT2D eigenvalue weighted by Gasteiger charge is -2.25. The van der Waals surface area contributed by atoms with Crippen LogP contribution in [0.25, 0.3) is 23.1 Å². The summed E-state index contributed by atoms with van der Waals surface area (Å²) >= 11 is 7.37. The van der Waals surface area contributed by atoms with Gasteiger partial charge < -0.3 is 14.3 Å². The van der Waals surface area contributed by atoms with Gasteiger partial charge in [-0.3, -0.25) is 9.36 Å². The van der Waals surface area contributed by atoms with Gasteiger partial charge in [0, 0.05) is 22.2 Å². The number of fused-ring (bicyclic) bond motifs is 1. The fraction of sp³-hybridized carbons (Fsp3) is 0.0909. The number of thiazole rings is 1. The number of hydrogen-bond acceptors (Lipinski definition) is 7. The van der Waals surface area contributed by atoms with E-state index in [1.165, 1.54) is 28.0 Å². The molecule has 3 aromatic carbocycles. The zero-order chi connectivity index (χ0) is 30.1. The van der Waals surface area contributed by atoms with E-state index < -0.39 is 18.0 Å². The molecule has 0 spiro atoms. The topological polar surface area (TPSA) is 111 Å². The number of halogens is 1. The van der Waals surface area contributed by atoms with Crippen molar-refractivity contribution in [2.45, 2.75) is 13.0 Å². The number of benzene rings is 3. The Labute approximate surface area is 254 Å². The minimum atomic E-state index is -1.01. The second-order valence-corrected chi connectivity index (χ2v) is 11.0. The molecule has 3 heterocycles. The maximum Gasteiger partial charge on any atom is 0.338 e. The van der Waals surface area contributed by atoms with Gasteiger partial charge in [0.05, 0.1) is 34.0 Å². The van der Waals surface area contributed by atoms with Crippen molar-refractivity contribution in [2.75, 3.05) is 6.61 Å². The van der Waals surface area contributed by atoms with Crippen LogP contribution in [0, 0.1) is 0 Å². The van der Waals surface area contributed by atoms with Gasteiger partial charge in [-0.05, 0) is 48.9 Å². The molecule has 0 fully saturated rings. The number of carboxylic acids is 1. The number of carbonyl (C=O) groups is 2. The monoisotopic (exact) mass is 610 g/mol. The molecule has 1 unspecified atom stereocenters. The van der Waals surface area contributed by atoms with Gasteiger partial charge in [-0.25, -0.2) is 14.6 Å². The van der Waals surface area contributed by atoms with E-state index in [0.29, 0.717) is 48.3 Å². The van der Waals surface area contributed by atoms with Crippen LogP contribution in [0.4, 0.5) is 0 Å². The van der Waals surface area contributed by atoms with Gasteiger partial charge in [0.25, 0.3) is 5.56 Å². The molecule has 1 N–H and O–H groups in total. The maximum absolute atomic E-state index is 14.0. The lowest BCUT2D eigenvalue weighted by molar-refractivity contribution is -0.138. The summed E-state index contributed by atoms with van der Waals surface area (Å²) in [5, 5.41) is 9.69. The fourth-order valence-electron chi connectivity index (χ4n) is 4.89. The SMILES string of the molecule is CCOC(=O)C1=C(c2ccccc2)N=c2sc(=Cc3ccc(-c4ccc(C(=O)O)cc4)o3)c(=O)n2C1c1ccc(Cl)cc1. The summed E-state index contributed by atoms with van der Waals surface area (Å²) < 4.78 is 13.3. The number of aromatic nitrogens is 1. The van der Waals surface area contributed by atoms with Crippen molar-refractivity contribution in [1.29, 1.82) is 0 Å². The van der Waals surface area contributed by atoms with Crippen LogP contribution in [0.5, 0.6) is 0 Å². The molecule has 10 heteroatoms. The minimum absolute atomic E-state index is 0.155. The lowest BCUT2D eigenvalue weighted by atomic mass is 9.93. The molecule has 0 aliphatic carbocycles. The van der Waals surface area contributed by atoms with Crippen LogP contribution in [-0.4, -0.2) is 28.2 Å². The molecule has 1 aliphatic heterocycles. The summed E-state index contributed by atoms with van der Waals surface area (Å²) in [6.07, 6.45) is 1.63. The molecule has 5 aromatic rings. The van der Waals surface area contributed by atoms with Crippen LogP contribution in [0.2, 0.25) is 5.02 Å². The number of aromatic carboxylic acids is 1. The largest absolute Gasteiger partial charge is 0.478 e. The van der Waals surface area contributed by atoms with Crippen molar-refractivity contribution in [1.82, 2.24) is 4.57 Å². The van der Waals surface area contributed by atoms with Gasteiger partial charge in [0.2, 0.25) is 0 Å². The number of hydrogen-bond donors (Lipinski definition) is 1. The smallest absolute Gasteiger partial charge is 0.338 e. The highest BCUT2D eigenvalue weighted by Crippen LogP contribution is 2.35. The maximum atomic E-state index is 14.0. The number of carboxylic acid groups (broad SMARTS) is 1. The standard InChI is InChI=1S/C33H23ClN2O6S/c1-2-41-32(40)27-28(20-6-4-3-5-7-20)35-33-36(29(27)21-12-14-23(34)15-13-21)30(37)26(43-33)18-24-16-17-25(42-24)19-8-10-22(11-9-19)31(38)39/h3-18,29H,2H2,1H3,(H,38,39). The van der Waals surface area contributed by atoms with Gasteiger partial charge in [0.1, 0.15) is 11.5 Å². The number of rotatable bonds is 7. The number of esters is 1. The Morgan fingerprint density at radius 3 is 2.40 bits per heavy atom. The van der Waals surface area contributed by atoms with Crippen LogP contribution in [-0.2, 0) is 9.53 Å². The van der Waals surface area contributed by atoms with Crippen molar-refractivity contribution < 1.29 is 23.8 Å². The third-order valence-electron chi connectivity index (χ3n) is 6.88. The van der Waals surface area contributed by atoms with E-state index >= 15 is 0 Å². The van der Waals surface area contributed by atoms with E-state index in [0.717, 1.165) is 0 Å². The van der Waals surface area contributed by atoms with E-state index in [9.17, 15) is 14.4 Å². The Morgan fingerprint density at radius 2 is 1.72 bits per heavy atom. The zero-order valence-corrected chi connectivity index (χ0v) is 24.3. The molecule has 0 radical (unpaired) electrons. The van der Waals surface area contributed by atoms with E-state index in [4.69, 9.17) is 30.9 Å². The molecule has 0 bridgehead atoms. The Morgan fingerprint density at radius 1 is 1.00 bits per heavy atom. The second kappa shape index (κ2) is 11.7. The molecule has 0 amide bonds. The summed E-state index contributed by atoms with van der Waals surface area (Å²) in [6, 6.07) is 25.3. The lowest BCUT2D eigenvalue weighted by Crippen LogP contribution is -2.39. The number of carbonyl (C=O) groups excluding carboxylic acids is 1. The first-order valence-electron chi connectivity index (χ1n) is 13.3. The van der Waals surface area contributed by atoms with Gasteiger partial charge in [-0.2, -0.15) is 0 Å². The minimum Gasteiger partial charge on any atom is -0.478 e. The second-order valence-electron chi connectivity index (χ2n) is 9.57. The predicted molar refractivity (Wildman–Crippen MR) is 164 cm³/mol. The Balaban J connectivity index is 1.52. The van der Waals surface area contributed by atoms with Gasteiger partial charge in [-0.1, -0.05) is 77.5 Å². The molecule has 8 nitrogen and oxygen atoms in total. The first-order chi connectivity index (χ1) is 20.8. The predicted octanol–water partition coefficient (Wildman–Crippen LogP) is 5.55. The van der Waals surface area contributed by atoms with E-state index in [-0.39, 0.29) is 23.3 Å². The average Bonchev–Trinajstić information content (AvgIpc) is 3.61. The molecule has 214 valence electrons. The van der Waals surface area contributed by atoms with E-state index in [1.54, 1.807) is 61.5 Å². The average molecular weight is 611 g/mol. The molecule has 43 heavy (non-hydrogen) atoms. The van der Waals surface area contributed by atoms with Gasteiger partial charge in [-0.15, -0.1) is 0 Å². The summed E-state index contributed by atoms with van der Waals surface area (Å²) in [5.41, 5.74) is 2.59. The third-order valence-corrected chi connectivity index (χ3v) is 8.11. The molecule has 1 aliphatic rings. The third kappa shape index (κ3) is 5.48. The highest BCUT2D eigenvalue weighted by atomic mass is 35.5. The highest BCUT2D eigenvalue weighted by molar-refractivity contribution is 7.07. The number of furan rings is 1. The first kappa shape index (κ1) is 28.1. The summed E-state index contributed by atoms with van der Waals surface area (Å²) in [7, 11) is 0. The summed E-state index contributed by atoms with van der Waals surface area (Å²) in [5.74, 6) is -0.631. The van der Waals surface area contributed by atoms with Crippen LogP contribution in [0.1, 0.15) is 40.2 Å². The van der Waals surface area contributed by atoms with Crippen molar-refractivity contribution in [3.05, 3.63) is 144 Å². The van der Waals surface area contributed by atoms with Crippen LogP contribution >= 0.6 is 22.9 Å². The van der Waals surface area contributed by atoms with Gasteiger partial charge in [0.15, 0.2) is 4.80 Å². The quantitative estimate of drug-likeness (QED) is 0.242. The first-order valence-corrected chi connectivity index (χ1v) is 14.5. The zero-order valence-electron chi connectivity index (χ0n) is 22.7. The Hall–Kier alpha value is -4.99. The van der Waals surface area contributed by atoms with Gasteiger partial charge >= 0.3 is 11.9 Å². The van der Waals surface area contributed by atoms with E-state index in [2.05, 4.69) is 0 Å². The van der Waals surface area contributed by atoms with Crippen molar-refractivity contribution in [2.24, 2.45) is 4.99 Å². The van der Waals surface area contributed by atoms with E-state index in [1.807, 2.05) is 30.3 Å². The van der Waals surface area contributed by atoms with Crippen molar-refractivity contribution >= 4 is 46.6 Å². The molecule has 0 saturated carbocycles. The summed E-state index contributed by atoms with van der Waals surface area (Å²) in [4.78, 5) is 43.9. The number of nitrogens with zero attached hydrogens (tertiary/aromatic N) is 2. The van der Waals surface area contributed by atoms with Crippen LogP contribution < -0.4 is 14.9 Å². The highest BCUT2D eigenvalue weighted by Gasteiger charge is 2.35. The summed E-state index contributed by atoms with van der Waals surface area (Å²) in [6.45, 7) is 1.88. The molecular formula is C33H23ClN2O6S. The number of ether oxygens (including phenoxy) is 1. The molecule has 6 rings (SSSR count).